The lowest BCUT2D eigenvalue weighted by atomic mass is 9.81. The number of carboxylic acid groups (broad SMARTS) is 1. The fraction of sp³-hybridized carbons (Fsp3) is 0.545. The van der Waals surface area contributed by atoms with Gasteiger partial charge in [-0.3, -0.25) is 14.4 Å². The van der Waals surface area contributed by atoms with Crippen molar-refractivity contribution in [2.75, 3.05) is 7.11 Å². The summed E-state index contributed by atoms with van der Waals surface area (Å²) < 4.78 is 9.42. The number of carbonyl (C=O) groups is 3. The second-order valence-electron chi connectivity index (χ2n) is 3.73. The largest absolute Gasteiger partial charge is 0.481 e. The summed E-state index contributed by atoms with van der Waals surface area (Å²) in [5.41, 5.74) is 0. The Bertz CT molecular complexity index is 359. The van der Waals surface area contributed by atoms with Crippen molar-refractivity contribution in [2.24, 2.45) is 11.8 Å². The molecule has 1 aliphatic carbocycles. The molecular formula is C11H14O6. The molecule has 0 aliphatic heterocycles. The number of hydrogen-bond acceptors (Lipinski definition) is 5. The number of hydrogen-bond donors (Lipinski definition) is 1. The number of carbonyl (C=O) groups excluding carboxylic acids is 2. The molecule has 0 saturated carbocycles. The lowest BCUT2D eigenvalue weighted by Crippen LogP contribution is -2.42. The number of methoxy groups -OCH3 is 1. The second kappa shape index (κ2) is 5.47. The van der Waals surface area contributed by atoms with Gasteiger partial charge in [0.05, 0.1) is 13.0 Å². The molecule has 0 amide bonds. The summed E-state index contributed by atoms with van der Waals surface area (Å²) in [6.45, 7) is 1.19. The molecule has 6 heteroatoms. The summed E-state index contributed by atoms with van der Waals surface area (Å²) >= 11 is 0. The first-order chi connectivity index (χ1) is 7.97. The van der Waals surface area contributed by atoms with Gasteiger partial charge in [0.15, 0.2) is 0 Å². The molecule has 3 unspecified atom stereocenters. The lowest BCUT2D eigenvalue weighted by Gasteiger charge is -2.29. The van der Waals surface area contributed by atoms with E-state index < -0.39 is 35.8 Å². The van der Waals surface area contributed by atoms with E-state index in [1.54, 1.807) is 6.08 Å². The van der Waals surface area contributed by atoms with Gasteiger partial charge in [-0.25, -0.2) is 0 Å². The predicted octanol–water partition coefficient (Wildman–Crippen LogP) is 0.368. The van der Waals surface area contributed by atoms with Gasteiger partial charge in [0.25, 0.3) is 0 Å². The fourth-order valence-electron chi connectivity index (χ4n) is 1.87. The molecule has 0 radical (unpaired) electrons. The van der Waals surface area contributed by atoms with Crippen LogP contribution in [0.2, 0.25) is 0 Å². The molecule has 0 heterocycles. The van der Waals surface area contributed by atoms with Crippen LogP contribution >= 0.6 is 0 Å². The van der Waals surface area contributed by atoms with Gasteiger partial charge in [0.2, 0.25) is 0 Å². The first kappa shape index (κ1) is 13.2. The first-order valence-corrected chi connectivity index (χ1v) is 5.12. The molecule has 0 fully saturated rings. The lowest BCUT2D eigenvalue weighted by molar-refractivity contribution is -0.165. The van der Waals surface area contributed by atoms with E-state index in [-0.39, 0.29) is 6.42 Å². The predicted molar refractivity (Wildman–Crippen MR) is 55.9 cm³/mol. The molecule has 0 aromatic rings. The zero-order valence-corrected chi connectivity index (χ0v) is 9.58. The summed E-state index contributed by atoms with van der Waals surface area (Å²) in [4.78, 5) is 33.5. The number of esters is 2. The zero-order valence-electron chi connectivity index (χ0n) is 9.58. The topological polar surface area (TPSA) is 89.9 Å². The molecule has 94 valence electrons. The minimum absolute atomic E-state index is 0.265. The van der Waals surface area contributed by atoms with Crippen LogP contribution in [0.3, 0.4) is 0 Å². The molecular weight excluding hydrogens is 228 g/mol. The number of aliphatic carboxylic acids is 1. The van der Waals surface area contributed by atoms with Gasteiger partial charge in [0.1, 0.15) is 12.0 Å². The molecule has 3 atom stereocenters. The normalized spacial score (nSPS) is 27.3. The van der Waals surface area contributed by atoms with E-state index in [2.05, 4.69) is 4.74 Å². The summed E-state index contributed by atoms with van der Waals surface area (Å²) in [5, 5.41) is 9.10. The Morgan fingerprint density at radius 3 is 2.47 bits per heavy atom. The highest BCUT2D eigenvalue weighted by molar-refractivity contribution is 5.82. The maximum absolute atomic E-state index is 11.5. The van der Waals surface area contributed by atoms with Crippen LogP contribution in [0, 0.1) is 11.8 Å². The van der Waals surface area contributed by atoms with Crippen LogP contribution in [0.25, 0.3) is 0 Å². The van der Waals surface area contributed by atoms with Gasteiger partial charge in [0, 0.05) is 6.92 Å². The van der Waals surface area contributed by atoms with E-state index in [1.165, 1.54) is 20.1 Å². The van der Waals surface area contributed by atoms with Gasteiger partial charge < -0.3 is 14.6 Å². The summed E-state index contributed by atoms with van der Waals surface area (Å²) in [6, 6.07) is 0. The Morgan fingerprint density at radius 2 is 2.00 bits per heavy atom. The Labute approximate surface area is 98.2 Å². The van der Waals surface area contributed by atoms with Crippen molar-refractivity contribution in [1.29, 1.82) is 0 Å². The molecule has 1 N–H and O–H groups in total. The number of carboxylic acids is 1. The van der Waals surface area contributed by atoms with E-state index in [0.29, 0.717) is 0 Å². The van der Waals surface area contributed by atoms with E-state index in [4.69, 9.17) is 9.84 Å². The average molecular weight is 242 g/mol. The van der Waals surface area contributed by atoms with Crippen LogP contribution < -0.4 is 0 Å². The van der Waals surface area contributed by atoms with E-state index >= 15 is 0 Å². The Morgan fingerprint density at radius 1 is 1.35 bits per heavy atom. The van der Waals surface area contributed by atoms with E-state index in [0.717, 1.165) is 0 Å². The molecule has 6 nitrogen and oxygen atoms in total. The summed E-state index contributed by atoms with van der Waals surface area (Å²) in [7, 11) is 1.19. The highest BCUT2D eigenvalue weighted by atomic mass is 16.5. The molecule has 17 heavy (non-hydrogen) atoms. The molecule has 0 aromatic heterocycles. The molecule has 1 rings (SSSR count). The average Bonchev–Trinajstić information content (AvgIpc) is 2.26. The number of ether oxygens (including phenoxy) is 2. The van der Waals surface area contributed by atoms with Crippen molar-refractivity contribution in [3.8, 4) is 0 Å². The Hall–Kier alpha value is -1.85. The summed E-state index contributed by atoms with van der Waals surface area (Å²) in [6.07, 6.45) is 2.44. The number of allylic oxidation sites excluding steroid dienone is 1. The zero-order chi connectivity index (χ0) is 13.0. The molecule has 0 aromatic carbocycles. The monoisotopic (exact) mass is 242 g/mol. The second-order valence-corrected chi connectivity index (χ2v) is 3.73. The van der Waals surface area contributed by atoms with E-state index in [1.807, 2.05) is 0 Å². The Balaban J connectivity index is 2.95. The van der Waals surface area contributed by atoms with Gasteiger partial charge in [-0.15, -0.1) is 0 Å². The SMILES string of the molecule is COC(=O)C1CC=CC(OC(C)=O)C1C(=O)O. The number of rotatable bonds is 3. The van der Waals surface area contributed by atoms with Gasteiger partial charge in [-0.1, -0.05) is 6.08 Å². The summed E-state index contributed by atoms with van der Waals surface area (Å²) in [5.74, 6) is -4.31. The van der Waals surface area contributed by atoms with Crippen LogP contribution in [0.5, 0.6) is 0 Å². The van der Waals surface area contributed by atoms with Crippen molar-refractivity contribution in [3.05, 3.63) is 12.2 Å². The molecule has 0 bridgehead atoms. The molecule has 1 aliphatic rings. The fourth-order valence-corrected chi connectivity index (χ4v) is 1.87. The third kappa shape index (κ3) is 3.05. The maximum atomic E-state index is 11.5. The quantitative estimate of drug-likeness (QED) is 0.568. The van der Waals surface area contributed by atoms with Crippen LogP contribution in [0.1, 0.15) is 13.3 Å². The van der Waals surface area contributed by atoms with Crippen molar-refractivity contribution in [2.45, 2.75) is 19.4 Å². The highest BCUT2D eigenvalue weighted by Crippen LogP contribution is 2.29. The minimum atomic E-state index is -1.18. The van der Waals surface area contributed by atoms with Gasteiger partial charge in [-0.05, 0) is 12.5 Å². The highest BCUT2D eigenvalue weighted by Gasteiger charge is 2.42. The maximum Gasteiger partial charge on any atom is 0.311 e. The van der Waals surface area contributed by atoms with Crippen LogP contribution in [0.4, 0.5) is 0 Å². The molecule has 0 spiro atoms. The molecule has 0 saturated heterocycles. The Kier molecular flexibility index (Phi) is 4.25. The van der Waals surface area contributed by atoms with Crippen molar-refractivity contribution < 1.29 is 29.0 Å². The first-order valence-electron chi connectivity index (χ1n) is 5.12. The van der Waals surface area contributed by atoms with Crippen molar-refractivity contribution in [3.63, 3.8) is 0 Å². The standard InChI is InChI=1S/C11H14O6/c1-6(12)17-8-5-3-4-7(11(15)16-2)9(8)10(13)14/h3,5,7-9H,4H2,1-2H3,(H,13,14). The third-order valence-corrected chi connectivity index (χ3v) is 2.59. The van der Waals surface area contributed by atoms with E-state index in [9.17, 15) is 14.4 Å². The smallest absolute Gasteiger partial charge is 0.311 e. The van der Waals surface area contributed by atoms with Crippen LogP contribution in [0.15, 0.2) is 12.2 Å². The van der Waals surface area contributed by atoms with Crippen LogP contribution in [-0.2, 0) is 23.9 Å². The van der Waals surface area contributed by atoms with Crippen molar-refractivity contribution >= 4 is 17.9 Å². The third-order valence-electron chi connectivity index (χ3n) is 2.59. The van der Waals surface area contributed by atoms with Crippen LogP contribution in [-0.4, -0.2) is 36.2 Å². The van der Waals surface area contributed by atoms with Crippen molar-refractivity contribution in [1.82, 2.24) is 0 Å². The minimum Gasteiger partial charge on any atom is -0.481 e. The van der Waals surface area contributed by atoms with Gasteiger partial charge in [-0.2, -0.15) is 0 Å². The van der Waals surface area contributed by atoms with Gasteiger partial charge >= 0.3 is 17.9 Å².